The van der Waals surface area contributed by atoms with Gasteiger partial charge in [0.25, 0.3) is 0 Å². The maximum atomic E-state index is 3.77. The molecule has 0 bridgehead atoms. The van der Waals surface area contributed by atoms with E-state index < -0.39 is 0 Å². The fraction of sp³-hybridized carbons (Fsp3) is 1.00. The Morgan fingerprint density at radius 3 is 2.17 bits per heavy atom. The lowest BCUT2D eigenvalue weighted by Gasteiger charge is -2.39. The minimum Gasteiger partial charge on any atom is -0.311 e. The Morgan fingerprint density at radius 2 is 1.50 bits per heavy atom. The Balaban J connectivity index is 1.87. The Bertz CT molecular complexity index is 187. The molecule has 68 valence electrons. The normalized spacial score (nSPS) is 36.0. The second-order valence-corrected chi connectivity index (χ2v) is 5.10. The molecule has 1 saturated heterocycles. The van der Waals surface area contributed by atoms with Crippen molar-refractivity contribution in [1.82, 2.24) is 5.32 Å². The van der Waals surface area contributed by atoms with Crippen molar-refractivity contribution in [3.63, 3.8) is 0 Å². The summed E-state index contributed by atoms with van der Waals surface area (Å²) < 4.78 is 0. The Kier molecular flexibility index (Phi) is 1.39. The van der Waals surface area contributed by atoms with Gasteiger partial charge in [0.2, 0.25) is 0 Å². The zero-order valence-corrected chi connectivity index (χ0v) is 7.86. The molecular weight excluding hydrogens is 146 g/mol. The molecule has 0 unspecified atom stereocenters. The summed E-state index contributed by atoms with van der Waals surface area (Å²) in [4.78, 5) is 0. The first-order chi connectivity index (χ1) is 5.87. The van der Waals surface area contributed by atoms with Gasteiger partial charge in [-0.2, -0.15) is 0 Å². The summed E-state index contributed by atoms with van der Waals surface area (Å²) in [7, 11) is 0. The second kappa shape index (κ2) is 2.25. The molecule has 3 rings (SSSR count). The molecular formula is C11H19N. The van der Waals surface area contributed by atoms with E-state index in [0.717, 1.165) is 5.41 Å². The summed E-state index contributed by atoms with van der Waals surface area (Å²) >= 11 is 0. The summed E-state index contributed by atoms with van der Waals surface area (Å²) in [6, 6.07) is 0. The van der Waals surface area contributed by atoms with E-state index in [1.165, 1.54) is 57.9 Å². The molecule has 0 aromatic rings. The SMILES string of the molecule is C1CCC2(CC1)CCNC21CC1. The van der Waals surface area contributed by atoms with Gasteiger partial charge in [-0.1, -0.05) is 19.3 Å². The zero-order valence-electron chi connectivity index (χ0n) is 7.86. The van der Waals surface area contributed by atoms with E-state index in [1.807, 2.05) is 0 Å². The van der Waals surface area contributed by atoms with Crippen molar-refractivity contribution in [2.24, 2.45) is 5.41 Å². The van der Waals surface area contributed by atoms with Gasteiger partial charge in [0.1, 0.15) is 0 Å². The summed E-state index contributed by atoms with van der Waals surface area (Å²) in [5.41, 5.74) is 1.43. The van der Waals surface area contributed by atoms with Gasteiger partial charge in [-0.3, -0.25) is 0 Å². The Morgan fingerprint density at radius 1 is 0.750 bits per heavy atom. The van der Waals surface area contributed by atoms with Gasteiger partial charge in [0, 0.05) is 5.54 Å². The lowest BCUT2D eigenvalue weighted by Crippen LogP contribution is -2.40. The van der Waals surface area contributed by atoms with Gasteiger partial charge in [0.05, 0.1) is 0 Å². The van der Waals surface area contributed by atoms with Crippen LogP contribution in [0.2, 0.25) is 0 Å². The highest BCUT2D eigenvalue weighted by molar-refractivity contribution is 5.18. The third kappa shape index (κ3) is 0.783. The first-order valence-corrected chi connectivity index (χ1v) is 5.62. The van der Waals surface area contributed by atoms with E-state index in [9.17, 15) is 0 Å². The van der Waals surface area contributed by atoms with Crippen molar-refractivity contribution < 1.29 is 0 Å². The summed E-state index contributed by atoms with van der Waals surface area (Å²) in [6.07, 6.45) is 12.0. The van der Waals surface area contributed by atoms with Crippen LogP contribution in [0.4, 0.5) is 0 Å². The maximum Gasteiger partial charge on any atom is 0.0239 e. The van der Waals surface area contributed by atoms with E-state index in [-0.39, 0.29) is 0 Å². The standard InChI is InChI=1S/C11H19N/c1-2-4-10(5-3-1)8-9-12-11(10)6-7-11/h12H,1-9H2. The van der Waals surface area contributed by atoms with Crippen LogP contribution in [0.25, 0.3) is 0 Å². The molecule has 0 aromatic heterocycles. The molecule has 2 spiro atoms. The smallest absolute Gasteiger partial charge is 0.0239 e. The van der Waals surface area contributed by atoms with Crippen LogP contribution in [0.3, 0.4) is 0 Å². The highest BCUT2D eigenvalue weighted by Crippen LogP contribution is 2.61. The van der Waals surface area contributed by atoms with E-state index in [4.69, 9.17) is 0 Å². The molecule has 3 fully saturated rings. The quantitative estimate of drug-likeness (QED) is 0.581. The molecule has 1 nitrogen and oxygen atoms in total. The van der Waals surface area contributed by atoms with Gasteiger partial charge < -0.3 is 5.32 Å². The van der Waals surface area contributed by atoms with Gasteiger partial charge in [-0.25, -0.2) is 0 Å². The van der Waals surface area contributed by atoms with Crippen LogP contribution in [0.15, 0.2) is 0 Å². The predicted octanol–water partition coefficient (Wildman–Crippen LogP) is 2.46. The van der Waals surface area contributed by atoms with Gasteiger partial charge in [-0.05, 0) is 44.1 Å². The fourth-order valence-electron chi connectivity index (χ4n) is 3.76. The number of fused-ring (bicyclic) bond motifs is 1. The van der Waals surface area contributed by atoms with Gasteiger partial charge in [0.15, 0.2) is 0 Å². The lowest BCUT2D eigenvalue weighted by molar-refractivity contribution is 0.150. The average Bonchev–Trinajstić information content (AvgIpc) is 2.80. The van der Waals surface area contributed by atoms with Crippen LogP contribution in [-0.2, 0) is 0 Å². The van der Waals surface area contributed by atoms with Gasteiger partial charge in [-0.15, -0.1) is 0 Å². The van der Waals surface area contributed by atoms with Crippen LogP contribution in [0.5, 0.6) is 0 Å². The third-order valence-corrected chi connectivity index (χ3v) is 4.64. The van der Waals surface area contributed by atoms with Crippen LogP contribution in [0.1, 0.15) is 51.4 Å². The van der Waals surface area contributed by atoms with Crippen molar-refractivity contribution in [1.29, 1.82) is 0 Å². The Hall–Kier alpha value is -0.0400. The number of hydrogen-bond acceptors (Lipinski definition) is 1. The molecule has 1 N–H and O–H groups in total. The predicted molar refractivity (Wildman–Crippen MR) is 50.1 cm³/mol. The summed E-state index contributed by atoms with van der Waals surface area (Å²) in [5.74, 6) is 0. The highest BCUT2D eigenvalue weighted by Gasteiger charge is 2.61. The number of hydrogen-bond donors (Lipinski definition) is 1. The third-order valence-electron chi connectivity index (χ3n) is 4.64. The highest BCUT2D eigenvalue weighted by atomic mass is 15.1. The van der Waals surface area contributed by atoms with Crippen LogP contribution in [0, 0.1) is 5.41 Å². The monoisotopic (exact) mass is 165 g/mol. The maximum absolute atomic E-state index is 3.77. The first-order valence-electron chi connectivity index (χ1n) is 5.62. The molecule has 0 atom stereocenters. The number of nitrogens with one attached hydrogen (secondary N) is 1. The molecule has 0 amide bonds. The molecule has 0 aromatic carbocycles. The summed E-state index contributed by atoms with van der Waals surface area (Å²) in [5, 5.41) is 3.77. The Labute approximate surface area is 74.9 Å². The van der Waals surface area contributed by atoms with Crippen molar-refractivity contribution in [2.75, 3.05) is 6.54 Å². The molecule has 0 radical (unpaired) electrons. The van der Waals surface area contributed by atoms with Crippen molar-refractivity contribution in [3.8, 4) is 0 Å². The van der Waals surface area contributed by atoms with Crippen LogP contribution >= 0.6 is 0 Å². The van der Waals surface area contributed by atoms with Crippen molar-refractivity contribution in [3.05, 3.63) is 0 Å². The molecule has 1 heteroatoms. The van der Waals surface area contributed by atoms with Crippen LogP contribution in [-0.4, -0.2) is 12.1 Å². The fourth-order valence-corrected chi connectivity index (χ4v) is 3.76. The molecule has 12 heavy (non-hydrogen) atoms. The van der Waals surface area contributed by atoms with Gasteiger partial charge >= 0.3 is 0 Å². The van der Waals surface area contributed by atoms with E-state index >= 15 is 0 Å². The van der Waals surface area contributed by atoms with E-state index in [2.05, 4.69) is 5.32 Å². The van der Waals surface area contributed by atoms with Crippen molar-refractivity contribution >= 4 is 0 Å². The van der Waals surface area contributed by atoms with E-state index in [1.54, 1.807) is 0 Å². The molecule has 3 aliphatic rings. The lowest BCUT2D eigenvalue weighted by atomic mass is 9.67. The summed E-state index contributed by atoms with van der Waals surface area (Å²) in [6.45, 7) is 1.31. The van der Waals surface area contributed by atoms with Crippen molar-refractivity contribution in [2.45, 2.75) is 56.9 Å². The minimum atomic E-state index is 0.660. The minimum absolute atomic E-state index is 0.660. The zero-order chi connectivity index (χ0) is 8.07. The largest absolute Gasteiger partial charge is 0.311 e. The molecule has 1 aliphatic heterocycles. The van der Waals surface area contributed by atoms with E-state index in [0.29, 0.717) is 5.54 Å². The topological polar surface area (TPSA) is 12.0 Å². The second-order valence-electron chi connectivity index (χ2n) is 5.10. The number of rotatable bonds is 0. The molecule has 1 heterocycles. The van der Waals surface area contributed by atoms with Crippen LogP contribution < -0.4 is 5.32 Å². The molecule has 2 aliphatic carbocycles. The molecule has 2 saturated carbocycles. The first kappa shape index (κ1) is 7.37. The average molecular weight is 165 g/mol.